The Hall–Kier alpha value is -2.41. The molecule has 19 heavy (non-hydrogen) atoms. The highest BCUT2D eigenvalue weighted by Gasteiger charge is 2.26. The van der Waals surface area contributed by atoms with Crippen LogP contribution in [-0.2, 0) is 0 Å². The minimum absolute atomic E-state index is 0.147. The van der Waals surface area contributed by atoms with E-state index in [1.54, 1.807) is 0 Å². The molecule has 0 N–H and O–H groups in total. The van der Waals surface area contributed by atoms with E-state index in [9.17, 15) is 4.79 Å². The van der Waals surface area contributed by atoms with Gasteiger partial charge in [0.1, 0.15) is 0 Å². The van der Waals surface area contributed by atoms with E-state index in [1.807, 2.05) is 30.3 Å². The van der Waals surface area contributed by atoms with E-state index in [2.05, 4.69) is 31.2 Å². The molecular formula is C18H12O. The summed E-state index contributed by atoms with van der Waals surface area (Å²) in [7, 11) is 0. The van der Waals surface area contributed by atoms with E-state index < -0.39 is 0 Å². The van der Waals surface area contributed by atoms with Gasteiger partial charge >= 0.3 is 0 Å². The SMILES string of the molecule is Cc1ccc2cc3c(cc2c1)C(=O)c1ccccc1-3. The molecule has 1 aliphatic carbocycles. The third-order valence-corrected chi connectivity index (χ3v) is 3.84. The predicted molar refractivity (Wildman–Crippen MR) is 77.6 cm³/mol. The Balaban J connectivity index is 2.11. The van der Waals surface area contributed by atoms with Crippen molar-refractivity contribution >= 4 is 16.6 Å². The van der Waals surface area contributed by atoms with Crippen LogP contribution in [0.1, 0.15) is 21.5 Å². The maximum atomic E-state index is 12.4. The number of benzene rings is 3. The molecular weight excluding hydrogens is 232 g/mol. The summed E-state index contributed by atoms with van der Waals surface area (Å²) in [5.74, 6) is 0.147. The van der Waals surface area contributed by atoms with Gasteiger partial charge in [-0.1, -0.05) is 48.0 Å². The van der Waals surface area contributed by atoms with Crippen molar-refractivity contribution in [3.8, 4) is 11.1 Å². The average molecular weight is 244 g/mol. The van der Waals surface area contributed by atoms with E-state index >= 15 is 0 Å². The predicted octanol–water partition coefficient (Wildman–Crippen LogP) is 4.36. The van der Waals surface area contributed by atoms with Crippen LogP contribution >= 0.6 is 0 Å². The first-order valence-electron chi connectivity index (χ1n) is 6.42. The largest absolute Gasteiger partial charge is 0.289 e. The van der Waals surface area contributed by atoms with E-state index in [0.29, 0.717) is 0 Å². The first kappa shape index (κ1) is 10.5. The Bertz CT molecular complexity index is 843. The van der Waals surface area contributed by atoms with Crippen molar-refractivity contribution in [3.63, 3.8) is 0 Å². The van der Waals surface area contributed by atoms with Gasteiger partial charge in [-0.25, -0.2) is 0 Å². The maximum absolute atomic E-state index is 12.4. The van der Waals surface area contributed by atoms with Crippen LogP contribution in [0.2, 0.25) is 0 Å². The van der Waals surface area contributed by atoms with Crippen molar-refractivity contribution < 1.29 is 4.79 Å². The summed E-state index contributed by atoms with van der Waals surface area (Å²) in [4.78, 5) is 12.4. The molecule has 90 valence electrons. The summed E-state index contributed by atoms with van der Waals surface area (Å²) in [6, 6.07) is 18.4. The van der Waals surface area contributed by atoms with Crippen LogP contribution in [0, 0.1) is 6.92 Å². The van der Waals surface area contributed by atoms with Crippen LogP contribution in [0.5, 0.6) is 0 Å². The summed E-state index contributed by atoms with van der Waals surface area (Å²) < 4.78 is 0. The number of carbonyl (C=O) groups is 1. The van der Waals surface area contributed by atoms with Gasteiger partial charge in [-0.15, -0.1) is 0 Å². The minimum atomic E-state index is 0.147. The van der Waals surface area contributed by atoms with Crippen LogP contribution < -0.4 is 0 Å². The first-order chi connectivity index (χ1) is 9.24. The fourth-order valence-corrected chi connectivity index (χ4v) is 2.89. The van der Waals surface area contributed by atoms with Crippen molar-refractivity contribution in [2.75, 3.05) is 0 Å². The van der Waals surface area contributed by atoms with Gasteiger partial charge in [0.05, 0.1) is 0 Å². The Labute approximate surface area is 111 Å². The molecule has 4 rings (SSSR count). The second-order valence-electron chi connectivity index (χ2n) is 5.12. The number of fused-ring (bicyclic) bond motifs is 4. The van der Waals surface area contributed by atoms with Crippen LogP contribution in [0.25, 0.3) is 21.9 Å². The van der Waals surface area contributed by atoms with Gasteiger partial charge in [-0.05, 0) is 41.0 Å². The lowest BCUT2D eigenvalue weighted by molar-refractivity contribution is 0.104. The van der Waals surface area contributed by atoms with E-state index in [1.165, 1.54) is 10.9 Å². The number of carbonyl (C=O) groups excluding carboxylic acids is 1. The number of hydrogen-bond donors (Lipinski definition) is 0. The molecule has 1 nitrogen and oxygen atoms in total. The van der Waals surface area contributed by atoms with Crippen LogP contribution in [0.4, 0.5) is 0 Å². The lowest BCUT2D eigenvalue weighted by Crippen LogP contribution is -1.94. The molecule has 0 fully saturated rings. The van der Waals surface area contributed by atoms with Crippen molar-refractivity contribution in [3.05, 3.63) is 71.3 Å². The zero-order valence-electron chi connectivity index (χ0n) is 10.6. The highest BCUT2D eigenvalue weighted by Crippen LogP contribution is 2.38. The van der Waals surface area contributed by atoms with Crippen molar-refractivity contribution in [2.45, 2.75) is 6.92 Å². The number of ketones is 1. The molecule has 3 aromatic rings. The summed E-state index contributed by atoms with van der Waals surface area (Å²) >= 11 is 0. The number of rotatable bonds is 0. The molecule has 0 saturated carbocycles. The highest BCUT2D eigenvalue weighted by molar-refractivity contribution is 6.23. The van der Waals surface area contributed by atoms with Gasteiger partial charge in [-0.3, -0.25) is 4.79 Å². The molecule has 0 spiro atoms. The van der Waals surface area contributed by atoms with Gasteiger partial charge in [0.15, 0.2) is 5.78 Å². The molecule has 3 aromatic carbocycles. The fourth-order valence-electron chi connectivity index (χ4n) is 2.89. The molecule has 0 aliphatic heterocycles. The molecule has 0 saturated heterocycles. The molecule has 0 atom stereocenters. The monoisotopic (exact) mass is 244 g/mol. The van der Waals surface area contributed by atoms with E-state index in [4.69, 9.17) is 0 Å². The Morgan fingerprint density at radius 3 is 2.26 bits per heavy atom. The zero-order valence-corrected chi connectivity index (χ0v) is 10.6. The lowest BCUT2D eigenvalue weighted by Gasteiger charge is -2.04. The van der Waals surface area contributed by atoms with Crippen LogP contribution in [0.3, 0.4) is 0 Å². The normalized spacial score (nSPS) is 12.6. The molecule has 1 aliphatic rings. The second-order valence-corrected chi connectivity index (χ2v) is 5.12. The Kier molecular flexibility index (Phi) is 1.96. The molecule has 0 bridgehead atoms. The number of aryl methyl sites for hydroxylation is 1. The topological polar surface area (TPSA) is 17.1 Å². The Morgan fingerprint density at radius 1 is 0.684 bits per heavy atom. The summed E-state index contributed by atoms with van der Waals surface area (Å²) in [6.07, 6.45) is 0. The first-order valence-corrected chi connectivity index (χ1v) is 6.42. The maximum Gasteiger partial charge on any atom is 0.194 e. The molecule has 0 radical (unpaired) electrons. The van der Waals surface area contributed by atoms with Crippen molar-refractivity contribution in [1.29, 1.82) is 0 Å². The van der Waals surface area contributed by atoms with Gasteiger partial charge in [0.2, 0.25) is 0 Å². The van der Waals surface area contributed by atoms with Crippen LogP contribution in [0.15, 0.2) is 54.6 Å². The van der Waals surface area contributed by atoms with Gasteiger partial charge in [0, 0.05) is 11.1 Å². The van der Waals surface area contributed by atoms with E-state index in [-0.39, 0.29) is 5.78 Å². The minimum Gasteiger partial charge on any atom is -0.289 e. The summed E-state index contributed by atoms with van der Waals surface area (Å²) in [5, 5.41) is 2.33. The van der Waals surface area contributed by atoms with Gasteiger partial charge in [-0.2, -0.15) is 0 Å². The van der Waals surface area contributed by atoms with Gasteiger partial charge < -0.3 is 0 Å². The molecule has 0 amide bonds. The van der Waals surface area contributed by atoms with E-state index in [0.717, 1.165) is 27.6 Å². The third-order valence-electron chi connectivity index (χ3n) is 3.84. The zero-order chi connectivity index (χ0) is 13.0. The summed E-state index contributed by atoms with van der Waals surface area (Å²) in [6.45, 7) is 2.07. The van der Waals surface area contributed by atoms with Crippen LogP contribution in [-0.4, -0.2) is 5.78 Å². The Morgan fingerprint density at radius 2 is 1.42 bits per heavy atom. The second kappa shape index (κ2) is 3.55. The summed E-state index contributed by atoms with van der Waals surface area (Å²) in [5.41, 5.74) is 5.00. The highest BCUT2D eigenvalue weighted by atomic mass is 16.1. The quantitative estimate of drug-likeness (QED) is 0.449. The van der Waals surface area contributed by atoms with Crippen molar-refractivity contribution in [1.82, 2.24) is 0 Å². The average Bonchev–Trinajstić information content (AvgIpc) is 2.70. The van der Waals surface area contributed by atoms with Crippen molar-refractivity contribution in [2.24, 2.45) is 0 Å². The fraction of sp³-hybridized carbons (Fsp3) is 0.0556. The van der Waals surface area contributed by atoms with Gasteiger partial charge in [0.25, 0.3) is 0 Å². The standard InChI is InChI=1S/C18H12O/c1-11-6-7-12-9-16-14-4-2-3-5-15(14)18(19)17(16)10-13(12)8-11/h2-10H,1H3. The third kappa shape index (κ3) is 1.39. The molecule has 0 unspecified atom stereocenters. The molecule has 1 heteroatoms. The lowest BCUT2D eigenvalue weighted by atomic mass is 9.99. The number of hydrogen-bond acceptors (Lipinski definition) is 1. The molecule has 0 aromatic heterocycles. The molecule has 0 heterocycles. The smallest absolute Gasteiger partial charge is 0.194 e.